The summed E-state index contributed by atoms with van der Waals surface area (Å²) in [5.74, 6) is -1.38. The molecule has 29 heavy (non-hydrogen) atoms. The van der Waals surface area contributed by atoms with Gasteiger partial charge >= 0.3 is 0 Å². The number of hydrogen-bond acceptors (Lipinski definition) is 5. The molecule has 0 N–H and O–H groups in total. The van der Waals surface area contributed by atoms with Crippen molar-refractivity contribution in [3.63, 3.8) is 0 Å². The van der Waals surface area contributed by atoms with E-state index >= 15 is 0 Å². The van der Waals surface area contributed by atoms with Crippen LogP contribution in [0.3, 0.4) is 0 Å². The van der Waals surface area contributed by atoms with Gasteiger partial charge in [0.25, 0.3) is 0 Å². The number of thiazole rings is 1. The molecule has 1 atom stereocenters. The summed E-state index contributed by atoms with van der Waals surface area (Å²) in [5.41, 5.74) is 0.0712. The predicted octanol–water partition coefficient (Wildman–Crippen LogP) is 5.53. The first-order chi connectivity index (χ1) is 14.0. The molecular formula is C20H17ClF2N2O2S2. The van der Waals surface area contributed by atoms with Gasteiger partial charge in [0.05, 0.1) is 23.1 Å². The Morgan fingerprint density at radius 2 is 2.10 bits per heavy atom. The Kier molecular flexibility index (Phi) is 6.34. The maximum Gasteiger partial charge on any atom is 0.239 e. The summed E-state index contributed by atoms with van der Waals surface area (Å²) in [6.45, 7) is 0.996. The number of nitrogens with zero attached hydrogens (tertiary/aromatic N) is 2. The van der Waals surface area contributed by atoms with Crippen LogP contribution in [0.2, 0.25) is 5.02 Å². The van der Waals surface area contributed by atoms with Gasteiger partial charge in [-0.1, -0.05) is 22.9 Å². The van der Waals surface area contributed by atoms with Crippen LogP contribution >= 0.6 is 34.7 Å². The zero-order chi connectivity index (χ0) is 20.4. The summed E-state index contributed by atoms with van der Waals surface area (Å²) in [6.07, 6.45) is 1.70. The zero-order valence-corrected chi connectivity index (χ0v) is 17.6. The van der Waals surface area contributed by atoms with Crippen molar-refractivity contribution in [2.24, 2.45) is 0 Å². The van der Waals surface area contributed by atoms with Crippen LogP contribution in [0.5, 0.6) is 0 Å². The van der Waals surface area contributed by atoms with Gasteiger partial charge in [0, 0.05) is 22.6 Å². The third-order valence-corrected chi connectivity index (χ3v) is 6.79. The molecule has 2 heterocycles. The van der Waals surface area contributed by atoms with Gasteiger partial charge in [0.1, 0.15) is 11.3 Å². The lowest BCUT2D eigenvalue weighted by atomic mass is 10.2. The van der Waals surface area contributed by atoms with Crippen molar-refractivity contribution in [3.05, 3.63) is 53.1 Å². The first kappa shape index (κ1) is 20.5. The van der Waals surface area contributed by atoms with Gasteiger partial charge in [-0.05, 0) is 43.2 Å². The van der Waals surface area contributed by atoms with Crippen LogP contribution in [0, 0.1) is 11.6 Å². The number of rotatable bonds is 6. The molecule has 2 aromatic carbocycles. The number of fused-ring (bicyclic) bond motifs is 1. The van der Waals surface area contributed by atoms with Crippen molar-refractivity contribution in [1.82, 2.24) is 4.98 Å². The van der Waals surface area contributed by atoms with Crippen molar-refractivity contribution >= 4 is 56.0 Å². The summed E-state index contributed by atoms with van der Waals surface area (Å²) in [5, 5.41) is 0.978. The predicted molar refractivity (Wildman–Crippen MR) is 113 cm³/mol. The third-order valence-electron chi connectivity index (χ3n) is 4.52. The van der Waals surface area contributed by atoms with Crippen LogP contribution < -0.4 is 4.90 Å². The second-order valence-corrected chi connectivity index (χ2v) is 9.11. The summed E-state index contributed by atoms with van der Waals surface area (Å²) >= 11 is 8.38. The molecule has 0 bridgehead atoms. The quantitative estimate of drug-likeness (QED) is 0.459. The fraction of sp³-hybridized carbons (Fsp3) is 0.300. The van der Waals surface area contributed by atoms with Crippen LogP contribution in [0.4, 0.5) is 13.9 Å². The second-order valence-electron chi connectivity index (χ2n) is 6.61. The zero-order valence-electron chi connectivity index (χ0n) is 15.2. The summed E-state index contributed by atoms with van der Waals surface area (Å²) in [4.78, 5) is 19.7. The first-order valence-corrected chi connectivity index (χ1v) is 11.2. The minimum Gasteiger partial charge on any atom is -0.376 e. The molecule has 4 nitrogen and oxygen atoms in total. The lowest BCUT2D eigenvalue weighted by Crippen LogP contribution is -2.38. The third kappa shape index (κ3) is 4.88. The van der Waals surface area contributed by atoms with Gasteiger partial charge in [0.2, 0.25) is 5.91 Å². The number of benzene rings is 2. The van der Waals surface area contributed by atoms with Crippen molar-refractivity contribution in [3.8, 4) is 0 Å². The van der Waals surface area contributed by atoms with Gasteiger partial charge in [-0.3, -0.25) is 9.69 Å². The molecular weight excluding hydrogens is 438 g/mol. The number of carbonyl (C=O) groups excluding carboxylic acids is 1. The van der Waals surface area contributed by atoms with E-state index in [0.29, 0.717) is 28.0 Å². The molecule has 9 heteroatoms. The molecule has 1 unspecified atom stereocenters. The number of aromatic nitrogens is 1. The molecule has 1 aliphatic rings. The Bertz CT molecular complexity index is 1020. The largest absolute Gasteiger partial charge is 0.376 e. The standard InChI is InChI=1S/C20H17ClF2N2O2S2/c21-12-3-5-15(6-4-12)28-11-18(26)25(10-14-2-1-7-27-14)20-24-19-16(23)8-13(22)9-17(19)29-20/h3-6,8-9,14H,1-2,7,10-11H2. The SMILES string of the molecule is O=C(CSc1ccc(Cl)cc1)N(CC1CCCO1)c1nc2c(F)cc(F)cc2s1. The number of ether oxygens (including phenoxy) is 1. The maximum atomic E-state index is 14.1. The fourth-order valence-electron chi connectivity index (χ4n) is 3.09. The molecule has 1 aliphatic heterocycles. The average molecular weight is 455 g/mol. The molecule has 1 fully saturated rings. The normalized spacial score (nSPS) is 16.4. The molecule has 1 amide bonds. The molecule has 1 saturated heterocycles. The van der Waals surface area contributed by atoms with E-state index in [1.54, 1.807) is 12.1 Å². The van der Waals surface area contributed by atoms with Gasteiger partial charge in [0.15, 0.2) is 10.9 Å². The number of halogens is 3. The van der Waals surface area contributed by atoms with E-state index in [4.69, 9.17) is 16.3 Å². The van der Waals surface area contributed by atoms with E-state index in [1.165, 1.54) is 22.7 Å². The van der Waals surface area contributed by atoms with Crippen LogP contribution in [0.1, 0.15) is 12.8 Å². The number of carbonyl (C=O) groups is 1. The van der Waals surface area contributed by atoms with Gasteiger partial charge in [-0.15, -0.1) is 11.8 Å². The van der Waals surface area contributed by atoms with E-state index in [1.807, 2.05) is 12.1 Å². The minimum absolute atomic E-state index is 0.0712. The van der Waals surface area contributed by atoms with E-state index in [0.717, 1.165) is 35.1 Å². The van der Waals surface area contributed by atoms with Crippen molar-refractivity contribution in [2.45, 2.75) is 23.8 Å². The number of anilines is 1. The van der Waals surface area contributed by atoms with Crippen molar-refractivity contribution in [1.29, 1.82) is 0 Å². The molecule has 4 rings (SSSR count). The number of hydrogen-bond donors (Lipinski definition) is 0. The highest BCUT2D eigenvalue weighted by atomic mass is 35.5. The summed E-state index contributed by atoms with van der Waals surface area (Å²) in [7, 11) is 0. The Labute approximate surface area is 179 Å². The smallest absolute Gasteiger partial charge is 0.239 e. The van der Waals surface area contributed by atoms with Crippen molar-refractivity contribution < 1.29 is 18.3 Å². The van der Waals surface area contributed by atoms with E-state index in [2.05, 4.69) is 4.98 Å². The highest BCUT2D eigenvalue weighted by molar-refractivity contribution is 8.00. The highest BCUT2D eigenvalue weighted by Crippen LogP contribution is 2.33. The Balaban J connectivity index is 1.57. The van der Waals surface area contributed by atoms with E-state index in [-0.39, 0.29) is 23.3 Å². The number of amides is 1. The van der Waals surface area contributed by atoms with E-state index < -0.39 is 11.6 Å². The lowest BCUT2D eigenvalue weighted by molar-refractivity contribution is -0.116. The van der Waals surface area contributed by atoms with Gasteiger partial charge in [-0.25, -0.2) is 13.8 Å². The summed E-state index contributed by atoms with van der Waals surface area (Å²) < 4.78 is 33.7. The maximum absolute atomic E-state index is 14.1. The minimum atomic E-state index is -0.734. The second kappa shape index (κ2) is 8.95. The van der Waals surface area contributed by atoms with Crippen LogP contribution in [0.25, 0.3) is 10.2 Å². The number of thioether (sulfide) groups is 1. The Hall–Kier alpha value is -1.74. The molecule has 0 aliphatic carbocycles. The van der Waals surface area contributed by atoms with E-state index in [9.17, 15) is 13.6 Å². The topological polar surface area (TPSA) is 42.4 Å². The van der Waals surface area contributed by atoms with Crippen LogP contribution in [-0.4, -0.2) is 35.9 Å². The molecule has 0 spiro atoms. The molecule has 1 aromatic heterocycles. The monoisotopic (exact) mass is 454 g/mol. The first-order valence-electron chi connectivity index (χ1n) is 9.05. The lowest BCUT2D eigenvalue weighted by Gasteiger charge is -2.23. The molecule has 3 aromatic rings. The highest BCUT2D eigenvalue weighted by Gasteiger charge is 2.26. The molecule has 152 valence electrons. The fourth-order valence-corrected chi connectivity index (χ4v) is 5.03. The Morgan fingerprint density at radius 3 is 2.83 bits per heavy atom. The molecule has 0 radical (unpaired) electrons. The van der Waals surface area contributed by atoms with Crippen LogP contribution in [0.15, 0.2) is 41.3 Å². The molecule has 0 saturated carbocycles. The van der Waals surface area contributed by atoms with Crippen LogP contribution in [-0.2, 0) is 9.53 Å². The Morgan fingerprint density at radius 1 is 1.31 bits per heavy atom. The van der Waals surface area contributed by atoms with Crippen molar-refractivity contribution in [2.75, 3.05) is 23.8 Å². The van der Waals surface area contributed by atoms with Gasteiger partial charge in [-0.2, -0.15) is 0 Å². The average Bonchev–Trinajstić information content (AvgIpc) is 3.35. The van der Waals surface area contributed by atoms with Gasteiger partial charge < -0.3 is 4.74 Å². The summed E-state index contributed by atoms with van der Waals surface area (Å²) in [6, 6.07) is 9.26.